The lowest BCUT2D eigenvalue weighted by molar-refractivity contribution is -0.131. The van der Waals surface area contributed by atoms with Crippen molar-refractivity contribution in [1.29, 1.82) is 0 Å². The highest BCUT2D eigenvalue weighted by atomic mass is 16.4. The SMILES string of the molecule is CCCCC#CC=CC(=O)O. The summed E-state index contributed by atoms with van der Waals surface area (Å²) in [4.78, 5) is 9.93. The van der Waals surface area contributed by atoms with Crippen molar-refractivity contribution in [2.45, 2.75) is 26.2 Å². The fourth-order valence-corrected chi connectivity index (χ4v) is 0.509. The zero-order valence-electron chi connectivity index (χ0n) is 6.63. The Morgan fingerprint density at radius 2 is 2.36 bits per heavy atom. The molecule has 0 saturated heterocycles. The summed E-state index contributed by atoms with van der Waals surface area (Å²) >= 11 is 0. The number of hydrogen-bond acceptors (Lipinski definition) is 1. The molecular weight excluding hydrogens is 140 g/mol. The minimum absolute atomic E-state index is 0.848. The molecule has 11 heavy (non-hydrogen) atoms. The average molecular weight is 152 g/mol. The van der Waals surface area contributed by atoms with E-state index in [-0.39, 0.29) is 0 Å². The van der Waals surface area contributed by atoms with Gasteiger partial charge in [0.15, 0.2) is 0 Å². The van der Waals surface area contributed by atoms with Crippen molar-refractivity contribution in [3.63, 3.8) is 0 Å². The van der Waals surface area contributed by atoms with E-state index in [1.54, 1.807) is 0 Å². The summed E-state index contributed by atoms with van der Waals surface area (Å²) in [5, 5.41) is 8.16. The van der Waals surface area contributed by atoms with Gasteiger partial charge in [-0.05, 0) is 12.5 Å². The van der Waals surface area contributed by atoms with Gasteiger partial charge < -0.3 is 5.11 Å². The van der Waals surface area contributed by atoms with E-state index in [0.717, 1.165) is 25.3 Å². The molecule has 0 saturated carbocycles. The van der Waals surface area contributed by atoms with Gasteiger partial charge >= 0.3 is 5.97 Å². The number of carboxylic acid groups (broad SMARTS) is 1. The summed E-state index contributed by atoms with van der Waals surface area (Å²) in [7, 11) is 0. The first-order valence-corrected chi connectivity index (χ1v) is 3.65. The van der Waals surface area contributed by atoms with E-state index in [1.807, 2.05) is 0 Å². The molecule has 0 spiro atoms. The minimum atomic E-state index is -0.949. The van der Waals surface area contributed by atoms with Crippen LogP contribution in [0.5, 0.6) is 0 Å². The third kappa shape index (κ3) is 8.77. The van der Waals surface area contributed by atoms with Crippen LogP contribution >= 0.6 is 0 Å². The van der Waals surface area contributed by atoms with Crippen LogP contribution in [0.15, 0.2) is 12.2 Å². The van der Waals surface area contributed by atoms with Gasteiger partial charge in [-0.3, -0.25) is 0 Å². The number of hydrogen-bond donors (Lipinski definition) is 1. The molecule has 0 rings (SSSR count). The van der Waals surface area contributed by atoms with Gasteiger partial charge in [0.05, 0.1) is 0 Å². The second kappa shape index (κ2) is 6.88. The van der Waals surface area contributed by atoms with E-state index in [0.29, 0.717) is 0 Å². The van der Waals surface area contributed by atoms with Gasteiger partial charge in [0, 0.05) is 12.5 Å². The van der Waals surface area contributed by atoms with Crippen molar-refractivity contribution in [3.05, 3.63) is 12.2 Å². The van der Waals surface area contributed by atoms with Crippen molar-refractivity contribution in [3.8, 4) is 11.8 Å². The predicted molar refractivity (Wildman–Crippen MR) is 44.1 cm³/mol. The van der Waals surface area contributed by atoms with Crippen LogP contribution in [0.4, 0.5) is 0 Å². The first-order valence-electron chi connectivity index (χ1n) is 3.65. The lowest BCUT2D eigenvalue weighted by Crippen LogP contribution is -1.84. The summed E-state index contributed by atoms with van der Waals surface area (Å²) in [5.74, 6) is 4.53. The lowest BCUT2D eigenvalue weighted by Gasteiger charge is -1.81. The Kier molecular flexibility index (Phi) is 6.11. The molecule has 1 N–H and O–H groups in total. The summed E-state index contributed by atoms with van der Waals surface area (Å²) in [6, 6.07) is 0. The molecule has 2 nitrogen and oxygen atoms in total. The van der Waals surface area contributed by atoms with Crippen molar-refractivity contribution in [2.24, 2.45) is 0 Å². The fourth-order valence-electron chi connectivity index (χ4n) is 0.509. The quantitative estimate of drug-likeness (QED) is 0.380. The van der Waals surface area contributed by atoms with Crippen LogP contribution < -0.4 is 0 Å². The Balaban J connectivity index is 3.47. The van der Waals surface area contributed by atoms with Crippen LogP contribution in [-0.2, 0) is 4.79 Å². The molecule has 0 radical (unpaired) electrons. The van der Waals surface area contributed by atoms with Crippen molar-refractivity contribution < 1.29 is 9.90 Å². The first-order chi connectivity index (χ1) is 5.27. The van der Waals surface area contributed by atoms with Gasteiger partial charge in [0.1, 0.15) is 0 Å². The van der Waals surface area contributed by atoms with Crippen LogP contribution in [0.1, 0.15) is 26.2 Å². The van der Waals surface area contributed by atoms with Crippen LogP contribution in [0.25, 0.3) is 0 Å². The normalized spacial score (nSPS) is 9.18. The van der Waals surface area contributed by atoms with Crippen LogP contribution in [-0.4, -0.2) is 11.1 Å². The van der Waals surface area contributed by atoms with Crippen molar-refractivity contribution in [1.82, 2.24) is 0 Å². The van der Waals surface area contributed by atoms with Crippen molar-refractivity contribution >= 4 is 5.97 Å². The molecule has 0 aromatic rings. The largest absolute Gasteiger partial charge is 0.478 e. The van der Waals surface area contributed by atoms with Gasteiger partial charge in [-0.15, -0.1) is 0 Å². The highest BCUT2D eigenvalue weighted by Crippen LogP contribution is 1.90. The molecule has 0 aliphatic heterocycles. The second-order valence-corrected chi connectivity index (χ2v) is 2.10. The lowest BCUT2D eigenvalue weighted by atomic mass is 10.2. The van der Waals surface area contributed by atoms with Gasteiger partial charge in [-0.1, -0.05) is 25.2 Å². The first kappa shape index (κ1) is 9.77. The Morgan fingerprint density at radius 1 is 1.64 bits per heavy atom. The molecular formula is C9H12O2. The van der Waals surface area contributed by atoms with Gasteiger partial charge in [0.2, 0.25) is 0 Å². The minimum Gasteiger partial charge on any atom is -0.478 e. The number of aliphatic carboxylic acids is 1. The standard InChI is InChI=1S/C9H12O2/c1-2-3-4-5-6-7-8-9(10)11/h7-8H,2-4H2,1H3,(H,10,11). The summed E-state index contributed by atoms with van der Waals surface area (Å²) in [6.07, 6.45) is 5.45. The fraction of sp³-hybridized carbons (Fsp3) is 0.444. The van der Waals surface area contributed by atoms with Crippen LogP contribution in [0.2, 0.25) is 0 Å². The van der Waals surface area contributed by atoms with Crippen LogP contribution in [0.3, 0.4) is 0 Å². The second-order valence-electron chi connectivity index (χ2n) is 2.10. The molecule has 0 amide bonds. The summed E-state index contributed by atoms with van der Waals surface area (Å²) in [5.41, 5.74) is 0. The van der Waals surface area contributed by atoms with Gasteiger partial charge in [0.25, 0.3) is 0 Å². The maximum Gasteiger partial charge on any atom is 0.328 e. The van der Waals surface area contributed by atoms with E-state index in [1.165, 1.54) is 6.08 Å². The number of allylic oxidation sites excluding steroid dienone is 1. The van der Waals surface area contributed by atoms with E-state index < -0.39 is 5.97 Å². The third-order valence-electron chi connectivity index (χ3n) is 1.07. The number of carbonyl (C=O) groups is 1. The molecule has 0 aromatic carbocycles. The van der Waals surface area contributed by atoms with Crippen LogP contribution in [0, 0.1) is 11.8 Å². The number of rotatable bonds is 3. The molecule has 0 heterocycles. The Hall–Kier alpha value is -1.23. The maximum atomic E-state index is 9.93. The molecule has 60 valence electrons. The third-order valence-corrected chi connectivity index (χ3v) is 1.07. The monoisotopic (exact) mass is 152 g/mol. The van der Waals surface area contributed by atoms with Crippen molar-refractivity contribution in [2.75, 3.05) is 0 Å². The van der Waals surface area contributed by atoms with E-state index in [9.17, 15) is 4.79 Å². The molecule has 0 aliphatic carbocycles. The number of carboxylic acids is 1. The zero-order valence-corrected chi connectivity index (χ0v) is 6.63. The zero-order chi connectivity index (χ0) is 8.53. The van der Waals surface area contributed by atoms with Gasteiger partial charge in [-0.25, -0.2) is 4.79 Å². The summed E-state index contributed by atoms with van der Waals surface area (Å²) < 4.78 is 0. The highest BCUT2D eigenvalue weighted by molar-refractivity contribution is 5.80. The maximum absolute atomic E-state index is 9.93. The molecule has 0 fully saturated rings. The molecule has 0 bridgehead atoms. The molecule has 0 unspecified atom stereocenters. The van der Waals surface area contributed by atoms with E-state index >= 15 is 0 Å². The Bertz CT molecular complexity index is 193. The Labute approximate surface area is 66.9 Å². The van der Waals surface area contributed by atoms with Gasteiger partial charge in [-0.2, -0.15) is 0 Å². The molecule has 0 aliphatic rings. The predicted octanol–water partition coefficient (Wildman–Crippen LogP) is 1.82. The molecule has 0 aromatic heterocycles. The van der Waals surface area contributed by atoms with E-state index in [4.69, 9.17) is 5.11 Å². The van der Waals surface area contributed by atoms with E-state index in [2.05, 4.69) is 18.8 Å². The number of unbranched alkanes of at least 4 members (excludes halogenated alkanes) is 2. The topological polar surface area (TPSA) is 37.3 Å². The molecule has 2 heteroatoms. The smallest absolute Gasteiger partial charge is 0.328 e. The molecule has 0 atom stereocenters. The Morgan fingerprint density at radius 3 is 2.91 bits per heavy atom. The highest BCUT2D eigenvalue weighted by Gasteiger charge is 1.79. The summed E-state index contributed by atoms with van der Waals surface area (Å²) in [6.45, 7) is 2.09. The average Bonchev–Trinajstić information content (AvgIpc) is 1.96.